The molecular weight excluding hydrogens is 376 g/mol. The van der Waals surface area contributed by atoms with Gasteiger partial charge >= 0.3 is 0 Å². The first-order valence-corrected chi connectivity index (χ1v) is 8.95. The summed E-state index contributed by atoms with van der Waals surface area (Å²) in [5.41, 5.74) is 1.98. The normalized spacial score (nSPS) is 11.0. The van der Waals surface area contributed by atoms with E-state index in [1.165, 1.54) is 0 Å². The summed E-state index contributed by atoms with van der Waals surface area (Å²) in [5, 5.41) is 6.34. The average Bonchev–Trinajstić information content (AvgIpc) is 2.73. The Morgan fingerprint density at radius 3 is 2.57 bits per heavy atom. The molecule has 0 fully saturated rings. The summed E-state index contributed by atoms with van der Waals surface area (Å²) in [6.07, 6.45) is 1.70. The zero-order valence-electron chi connectivity index (χ0n) is 15.2. The average molecular weight is 395 g/mol. The number of ether oxygens (including phenoxy) is 1. The molecule has 28 heavy (non-hydrogen) atoms. The van der Waals surface area contributed by atoms with E-state index < -0.39 is 0 Å². The molecule has 0 radical (unpaired) electrons. The molecule has 2 N–H and O–H groups in total. The number of carbonyl (C=O) groups excluding carboxylic acids is 1. The van der Waals surface area contributed by atoms with Gasteiger partial charge in [-0.1, -0.05) is 35.9 Å². The topological polar surface area (TPSA) is 75.6 Å². The molecule has 6 nitrogen and oxygen atoms in total. The summed E-state index contributed by atoms with van der Waals surface area (Å²) in [5.74, 6) is 0.584. The number of halogens is 1. The van der Waals surface area contributed by atoms with Crippen LogP contribution in [0.2, 0.25) is 5.02 Å². The molecule has 1 aromatic heterocycles. The number of aliphatic imine (C=N–C) groups is 1. The lowest BCUT2D eigenvalue weighted by Crippen LogP contribution is -2.36. The Balaban J connectivity index is 1.81. The molecule has 0 spiro atoms. The van der Waals surface area contributed by atoms with Crippen molar-refractivity contribution < 1.29 is 9.53 Å². The minimum absolute atomic E-state index is 0.271. The van der Waals surface area contributed by atoms with Crippen LogP contribution in [0.5, 0.6) is 5.75 Å². The van der Waals surface area contributed by atoms with Crippen LogP contribution in [0.4, 0.5) is 5.69 Å². The smallest absolute Gasteiger partial charge is 0.257 e. The minimum Gasteiger partial charge on any atom is -0.495 e. The van der Waals surface area contributed by atoms with Crippen LogP contribution in [0.1, 0.15) is 16.1 Å². The van der Waals surface area contributed by atoms with Crippen molar-refractivity contribution in [3.8, 4) is 5.75 Å². The first-order valence-electron chi connectivity index (χ1n) is 8.57. The van der Waals surface area contributed by atoms with Gasteiger partial charge in [-0.2, -0.15) is 0 Å². The zero-order valence-corrected chi connectivity index (χ0v) is 16.0. The van der Waals surface area contributed by atoms with E-state index in [1.807, 2.05) is 24.3 Å². The Morgan fingerprint density at radius 2 is 1.89 bits per heavy atom. The predicted molar refractivity (Wildman–Crippen MR) is 111 cm³/mol. The third kappa shape index (κ3) is 5.31. The number of aromatic nitrogens is 1. The van der Waals surface area contributed by atoms with E-state index in [-0.39, 0.29) is 5.91 Å². The number of carbonyl (C=O) groups is 1. The Labute approximate surface area is 168 Å². The fraction of sp³-hybridized carbons (Fsp3) is 0.0952. The van der Waals surface area contributed by atoms with E-state index in [0.29, 0.717) is 34.5 Å². The summed E-state index contributed by atoms with van der Waals surface area (Å²) in [7, 11) is 1.55. The van der Waals surface area contributed by atoms with Crippen LogP contribution in [0.3, 0.4) is 0 Å². The quantitative estimate of drug-likeness (QED) is 0.503. The van der Waals surface area contributed by atoms with Crippen molar-refractivity contribution in [2.24, 2.45) is 4.99 Å². The van der Waals surface area contributed by atoms with Crippen LogP contribution >= 0.6 is 11.6 Å². The number of nitrogens with zero attached hydrogens (tertiary/aromatic N) is 2. The highest BCUT2D eigenvalue weighted by Gasteiger charge is 2.10. The maximum absolute atomic E-state index is 12.5. The van der Waals surface area contributed by atoms with Gasteiger partial charge in [-0.3, -0.25) is 15.1 Å². The summed E-state index contributed by atoms with van der Waals surface area (Å²) < 4.78 is 5.16. The number of benzene rings is 2. The third-order valence-corrected chi connectivity index (χ3v) is 4.10. The van der Waals surface area contributed by atoms with Crippen molar-refractivity contribution in [2.75, 3.05) is 12.4 Å². The van der Waals surface area contributed by atoms with Gasteiger partial charge in [0.05, 0.1) is 24.4 Å². The standard InChI is InChI=1S/C21H19ClN4O2/c1-28-19-11-10-16(13-18(19)22)25-21(24-14-17-9-5-6-12-23-17)26-20(27)15-7-3-2-4-8-15/h2-13H,14H2,1H3,(H2,24,25,26,27). The second-order valence-corrected chi connectivity index (χ2v) is 6.19. The molecule has 0 atom stereocenters. The molecule has 2 aromatic carbocycles. The number of anilines is 1. The predicted octanol–water partition coefficient (Wildman–Crippen LogP) is 4.14. The lowest BCUT2D eigenvalue weighted by molar-refractivity contribution is 0.0977. The molecule has 3 rings (SSSR count). The molecule has 0 aliphatic heterocycles. The van der Waals surface area contributed by atoms with E-state index in [0.717, 1.165) is 5.69 Å². The van der Waals surface area contributed by atoms with Crippen molar-refractivity contribution in [2.45, 2.75) is 6.54 Å². The van der Waals surface area contributed by atoms with Gasteiger partial charge in [-0.25, -0.2) is 4.99 Å². The molecule has 3 aromatic rings. The highest BCUT2D eigenvalue weighted by Crippen LogP contribution is 2.27. The van der Waals surface area contributed by atoms with Gasteiger partial charge in [0.25, 0.3) is 5.91 Å². The van der Waals surface area contributed by atoms with E-state index in [2.05, 4.69) is 20.6 Å². The summed E-state index contributed by atoms with van der Waals surface area (Å²) in [6.45, 7) is 0.308. The van der Waals surface area contributed by atoms with Crippen LogP contribution < -0.4 is 15.4 Å². The first kappa shape index (κ1) is 19.4. The molecule has 0 bridgehead atoms. The van der Waals surface area contributed by atoms with E-state index in [1.54, 1.807) is 55.8 Å². The number of guanidine groups is 1. The zero-order chi connectivity index (χ0) is 19.8. The number of hydrogen-bond donors (Lipinski definition) is 2. The number of rotatable bonds is 5. The van der Waals surface area contributed by atoms with Crippen molar-refractivity contribution >= 4 is 29.2 Å². The number of hydrogen-bond acceptors (Lipinski definition) is 4. The van der Waals surface area contributed by atoms with Crippen LogP contribution in [0.15, 0.2) is 77.9 Å². The summed E-state index contributed by atoms with van der Waals surface area (Å²) in [6, 6.07) is 19.7. The van der Waals surface area contributed by atoms with Gasteiger partial charge in [0.2, 0.25) is 5.96 Å². The summed E-state index contributed by atoms with van der Waals surface area (Å²) >= 11 is 6.19. The van der Waals surface area contributed by atoms with Gasteiger partial charge in [-0.05, 0) is 42.5 Å². The van der Waals surface area contributed by atoms with Crippen molar-refractivity contribution in [3.05, 3.63) is 89.2 Å². The van der Waals surface area contributed by atoms with E-state index in [9.17, 15) is 4.79 Å². The Kier molecular flexibility index (Phi) is 6.59. The molecule has 7 heteroatoms. The molecule has 1 amide bonds. The third-order valence-electron chi connectivity index (χ3n) is 3.81. The molecular formula is C21H19ClN4O2. The molecule has 142 valence electrons. The van der Waals surface area contributed by atoms with Crippen molar-refractivity contribution in [3.63, 3.8) is 0 Å². The van der Waals surface area contributed by atoms with E-state index >= 15 is 0 Å². The molecule has 0 saturated carbocycles. The van der Waals surface area contributed by atoms with E-state index in [4.69, 9.17) is 16.3 Å². The highest BCUT2D eigenvalue weighted by atomic mass is 35.5. The van der Waals surface area contributed by atoms with Crippen LogP contribution in [-0.4, -0.2) is 24.0 Å². The highest BCUT2D eigenvalue weighted by molar-refractivity contribution is 6.32. The fourth-order valence-corrected chi connectivity index (χ4v) is 2.67. The van der Waals surface area contributed by atoms with Crippen LogP contribution in [-0.2, 0) is 6.54 Å². The first-order chi connectivity index (χ1) is 13.7. The molecule has 0 unspecified atom stereocenters. The fourth-order valence-electron chi connectivity index (χ4n) is 2.41. The number of methoxy groups -OCH3 is 1. The van der Waals surface area contributed by atoms with Gasteiger partial charge in [-0.15, -0.1) is 0 Å². The largest absolute Gasteiger partial charge is 0.495 e. The summed E-state index contributed by atoms with van der Waals surface area (Å²) in [4.78, 5) is 21.2. The SMILES string of the molecule is COc1ccc(NC(=NCc2ccccn2)NC(=O)c2ccccc2)cc1Cl. The van der Waals surface area contributed by atoms with Crippen LogP contribution in [0, 0.1) is 0 Å². The second-order valence-electron chi connectivity index (χ2n) is 5.78. The molecule has 0 aliphatic carbocycles. The van der Waals surface area contributed by atoms with Gasteiger partial charge in [0.15, 0.2) is 0 Å². The van der Waals surface area contributed by atoms with Crippen LogP contribution in [0.25, 0.3) is 0 Å². The van der Waals surface area contributed by atoms with Gasteiger partial charge in [0, 0.05) is 17.4 Å². The van der Waals surface area contributed by atoms with Crippen molar-refractivity contribution in [1.82, 2.24) is 10.3 Å². The number of nitrogens with one attached hydrogen (secondary N) is 2. The lowest BCUT2D eigenvalue weighted by atomic mass is 10.2. The maximum Gasteiger partial charge on any atom is 0.257 e. The lowest BCUT2D eigenvalue weighted by Gasteiger charge is -2.13. The number of amides is 1. The second kappa shape index (κ2) is 9.53. The molecule has 0 saturated heterocycles. The Morgan fingerprint density at radius 1 is 1.11 bits per heavy atom. The Bertz CT molecular complexity index is 963. The molecule has 0 aliphatic rings. The maximum atomic E-state index is 12.5. The van der Waals surface area contributed by atoms with Gasteiger partial charge < -0.3 is 10.1 Å². The monoisotopic (exact) mass is 394 g/mol. The molecule has 1 heterocycles. The Hall–Kier alpha value is -3.38. The van der Waals surface area contributed by atoms with Crippen molar-refractivity contribution in [1.29, 1.82) is 0 Å². The number of pyridine rings is 1. The van der Waals surface area contributed by atoms with Gasteiger partial charge in [0.1, 0.15) is 5.75 Å². The minimum atomic E-state index is -0.271.